The maximum Gasteiger partial charge on any atom is 0.313 e. The van der Waals surface area contributed by atoms with Crippen molar-refractivity contribution < 1.29 is 39.9 Å². The van der Waals surface area contributed by atoms with Gasteiger partial charge in [-0.15, -0.1) is 0 Å². The molecule has 4 atom stereocenters. The Kier molecular flexibility index (Phi) is 6.85. The Morgan fingerprint density at radius 3 is 2.06 bits per heavy atom. The summed E-state index contributed by atoms with van der Waals surface area (Å²) < 4.78 is 4.18. The molecule has 0 heterocycles. The van der Waals surface area contributed by atoms with Crippen LogP contribution in [0.3, 0.4) is 0 Å². The zero-order valence-corrected chi connectivity index (χ0v) is 9.18. The van der Waals surface area contributed by atoms with E-state index in [2.05, 4.69) is 4.74 Å². The minimum atomic E-state index is -2.05. The van der Waals surface area contributed by atoms with Crippen molar-refractivity contribution in [2.24, 2.45) is 0 Å². The number of ketones is 1. The van der Waals surface area contributed by atoms with Gasteiger partial charge in [-0.3, -0.25) is 9.59 Å². The lowest BCUT2D eigenvalue weighted by molar-refractivity contribution is -0.153. The molecule has 0 radical (unpaired) electrons. The minimum absolute atomic E-state index is 0.767. The molecule has 0 aromatic heterocycles. The summed E-state index contributed by atoms with van der Waals surface area (Å²) >= 11 is 0. The van der Waals surface area contributed by atoms with Gasteiger partial charge in [-0.2, -0.15) is 0 Å². The quantitative estimate of drug-likeness (QED) is 0.232. The number of carbonyl (C=O) groups is 2. The van der Waals surface area contributed by atoms with Gasteiger partial charge < -0.3 is 30.3 Å². The Balaban J connectivity index is 4.43. The van der Waals surface area contributed by atoms with E-state index < -0.39 is 49.2 Å². The molecule has 8 heteroatoms. The molecular formula is C9H16O8. The van der Waals surface area contributed by atoms with Crippen LogP contribution in [0.15, 0.2) is 0 Å². The number of hydrogen-bond acceptors (Lipinski definition) is 8. The first-order valence-corrected chi connectivity index (χ1v) is 4.77. The van der Waals surface area contributed by atoms with Gasteiger partial charge in [0.2, 0.25) is 0 Å². The number of aliphatic hydroxyl groups is 5. The van der Waals surface area contributed by atoms with E-state index in [4.69, 9.17) is 10.2 Å². The molecule has 0 aliphatic heterocycles. The second-order valence-corrected chi connectivity index (χ2v) is 3.40. The van der Waals surface area contributed by atoms with Gasteiger partial charge in [-0.05, 0) is 0 Å². The second kappa shape index (κ2) is 7.30. The van der Waals surface area contributed by atoms with Crippen LogP contribution in [0, 0.1) is 0 Å². The Morgan fingerprint density at radius 2 is 1.65 bits per heavy atom. The van der Waals surface area contributed by atoms with Crippen molar-refractivity contribution in [1.82, 2.24) is 0 Å². The third kappa shape index (κ3) is 4.75. The molecule has 8 nitrogen and oxygen atoms in total. The van der Waals surface area contributed by atoms with Crippen LogP contribution < -0.4 is 0 Å². The zero-order valence-electron chi connectivity index (χ0n) is 9.18. The highest BCUT2D eigenvalue weighted by atomic mass is 16.5. The molecule has 0 saturated carbocycles. The third-order valence-electron chi connectivity index (χ3n) is 2.13. The van der Waals surface area contributed by atoms with E-state index in [0.717, 1.165) is 7.11 Å². The lowest BCUT2D eigenvalue weighted by atomic mass is 9.99. The maximum absolute atomic E-state index is 11.2. The molecule has 0 aliphatic carbocycles. The molecule has 4 unspecified atom stereocenters. The predicted octanol–water partition coefficient (Wildman–Crippen LogP) is -3.45. The lowest BCUT2D eigenvalue weighted by Crippen LogP contribution is -2.48. The second-order valence-electron chi connectivity index (χ2n) is 3.40. The van der Waals surface area contributed by atoms with Crippen molar-refractivity contribution in [1.29, 1.82) is 0 Å². The molecule has 0 amide bonds. The Morgan fingerprint density at radius 1 is 1.12 bits per heavy atom. The van der Waals surface area contributed by atoms with Crippen LogP contribution in [0.1, 0.15) is 6.42 Å². The Labute approximate surface area is 97.1 Å². The summed E-state index contributed by atoms with van der Waals surface area (Å²) in [4.78, 5) is 21.9. The molecular weight excluding hydrogens is 236 g/mol. The van der Waals surface area contributed by atoms with Crippen molar-refractivity contribution in [3.05, 3.63) is 0 Å². The van der Waals surface area contributed by atoms with Gasteiger partial charge in [-0.1, -0.05) is 0 Å². The van der Waals surface area contributed by atoms with Crippen LogP contribution in [0.4, 0.5) is 0 Å². The summed E-state index contributed by atoms with van der Waals surface area (Å²) in [5.41, 5.74) is 0. The average molecular weight is 252 g/mol. The van der Waals surface area contributed by atoms with Crippen LogP contribution in [0.2, 0.25) is 0 Å². The summed E-state index contributed by atoms with van der Waals surface area (Å²) in [6.07, 6.45) is -8.43. The largest absolute Gasteiger partial charge is 0.469 e. The fraction of sp³-hybridized carbons (Fsp3) is 0.778. The first-order chi connectivity index (χ1) is 7.84. The van der Waals surface area contributed by atoms with Gasteiger partial charge in [0.15, 0.2) is 5.78 Å². The zero-order chi connectivity index (χ0) is 13.6. The van der Waals surface area contributed by atoms with Gasteiger partial charge in [0.1, 0.15) is 30.8 Å². The molecule has 0 saturated heterocycles. The number of rotatable bonds is 7. The number of Topliss-reactive ketones (excluding diaryl/α,β-unsaturated/α-hetero) is 1. The predicted molar refractivity (Wildman–Crippen MR) is 52.8 cm³/mol. The number of aliphatic hydroxyl groups excluding tert-OH is 5. The average Bonchev–Trinajstić information content (AvgIpc) is 2.34. The summed E-state index contributed by atoms with van der Waals surface area (Å²) in [5, 5.41) is 45.3. The van der Waals surface area contributed by atoms with E-state index in [9.17, 15) is 24.9 Å². The highest BCUT2D eigenvalue weighted by Crippen LogP contribution is 2.07. The summed E-state index contributed by atoms with van der Waals surface area (Å²) in [6.45, 7) is -0.851. The fourth-order valence-corrected chi connectivity index (χ4v) is 1.03. The number of methoxy groups -OCH3 is 1. The maximum atomic E-state index is 11.2. The van der Waals surface area contributed by atoms with Crippen molar-refractivity contribution >= 4 is 11.8 Å². The van der Waals surface area contributed by atoms with E-state index in [-0.39, 0.29) is 0 Å². The summed E-state index contributed by atoms with van der Waals surface area (Å²) in [5.74, 6) is -1.97. The van der Waals surface area contributed by atoms with Gasteiger partial charge in [0, 0.05) is 0 Å². The highest BCUT2D eigenvalue weighted by Gasteiger charge is 2.34. The fourth-order valence-electron chi connectivity index (χ4n) is 1.03. The standard InChI is InChI=1S/C9H16O8/c1-17-6(13)2-4(11)7(14)9(16)8(15)5(12)3-10/h5,7-10,12,14-16H,2-3H2,1H3. The first kappa shape index (κ1) is 15.9. The van der Waals surface area contributed by atoms with Crippen LogP contribution in [-0.2, 0) is 14.3 Å². The van der Waals surface area contributed by atoms with Crippen molar-refractivity contribution in [2.45, 2.75) is 30.8 Å². The van der Waals surface area contributed by atoms with Gasteiger partial charge in [-0.25, -0.2) is 0 Å². The van der Waals surface area contributed by atoms with Crippen molar-refractivity contribution in [3.8, 4) is 0 Å². The van der Waals surface area contributed by atoms with Gasteiger partial charge >= 0.3 is 5.97 Å². The van der Waals surface area contributed by atoms with E-state index in [1.54, 1.807) is 0 Å². The van der Waals surface area contributed by atoms with E-state index in [0.29, 0.717) is 0 Å². The van der Waals surface area contributed by atoms with Crippen molar-refractivity contribution in [2.75, 3.05) is 13.7 Å². The number of ether oxygens (including phenoxy) is 1. The normalized spacial score (nSPS) is 18.0. The lowest BCUT2D eigenvalue weighted by Gasteiger charge is -2.24. The molecule has 100 valence electrons. The van der Waals surface area contributed by atoms with Gasteiger partial charge in [0.05, 0.1) is 13.7 Å². The third-order valence-corrected chi connectivity index (χ3v) is 2.13. The Bertz CT molecular complexity index is 266. The summed E-state index contributed by atoms with van der Waals surface area (Å²) in [7, 11) is 1.04. The monoisotopic (exact) mass is 252 g/mol. The minimum Gasteiger partial charge on any atom is -0.469 e. The molecule has 5 N–H and O–H groups in total. The van der Waals surface area contributed by atoms with E-state index in [1.807, 2.05) is 0 Å². The smallest absolute Gasteiger partial charge is 0.313 e. The van der Waals surface area contributed by atoms with Crippen LogP contribution in [0.25, 0.3) is 0 Å². The number of carbonyl (C=O) groups excluding carboxylic acids is 2. The first-order valence-electron chi connectivity index (χ1n) is 4.77. The molecule has 0 spiro atoms. The topological polar surface area (TPSA) is 145 Å². The van der Waals surface area contributed by atoms with Crippen LogP contribution in [0.5, 0.6) is 0 Å². The van der Waals surface area contributed by atoms with Crippen molar-refractivity contribution in [3.63, 3.8) is 0 Å². The molecule has 0 rings (SSSR count). The number of esters is 1. The Hall–Kier alpha value is -1.06. The molecule has 0 aromatic carbocycles. The van der Waals surface area contributed by atoms with E-state index >= 15 is 0 Å². The summed E-state index contributed by atoms with van der Waals surface area (Å²) in [6, 6.07) is 0. The van der Waals surface area contributed by atoms with Crippen LogP contribution in [-0.4, -0.2) is 75.4 Å². The van der Waals surface area contributed by atoms with Crippen LogP contribution >= 0.6 is 0 Å². The number of hydrogen-bond donors (Lipinski definition) is 5. The van der Waals surface area contributed by atoms with Gasteiger partial charge in [0.25, 0.3) is 0 Å². The molecule has 0 bridgehead atoms. The molecule has 17 heavy (non-hydrogen) atoms. The van der Waals surface area contributed by atoms with E-state index in [1.165, 1.54) is 0 Å². The highest BCUT2D eigenvalue weighted by molar-refractivity contribution is 5.98. The SMILES string of the molecule is COC(=O)CC(=O)C(O)C(O)C(O)C(O)CO. The molecule has 0 fully saturated rings. The molecule has 0 aromatic rings. The molecule has 0 aliphatic rings.